The van der Waals surface area contributed by atoms with Gasteiger partial charge >= 0.3 is 5.97 Å². The van der Waals surface area contributed by atoms with Crippen LogP contribution in [0, 0.1) is 0 Å². The molecule has 0 aromatic carbocycles. The van der Waals surface area contributed by atoms with E-state index in [1.165, 1.54) is 6.20 Å². The fraction of sp³-hybridized carbons (Fsp3) is 0.300. The summed E-state index contributed by atoms with van der Waals surface area (Å²) in [5.41, 5.74) is 0.257. The van der Waals surface area contributed by atoms with Crippen molar-refractivity contribution in [3.05, 3.63) is 30.1 Å². The van der Waals surface area contributed by atoms with E-state index in [9.17, 15) is 9.59 Å². The summed E-state index contributed by atoms with van der Waals surface area (Å²) in [6.07, 6.45) is -0.00131. The Morgan fingerprint density at radius 1 is 1.44 bits per heavy atom. The number of nitrogens with one attached hydrogen (secondary N) is 1. The molecule has 1 aromatic rings. The Morgan fingerprint density at radius 2 is 2.19 bits per heavy atom. The zero-order valence-electron chi connectivity index (χ0n) is 8.46. The lowest BCUT2D eigenvalue weighted by Gasteiger charge is -2.06. The van der Waals surface area contributed by atoms with Gasteiger partial charge in [0.15, 0.2) is 6.10 Å². The number of carboxylic acids is 1. The van der Waals surface area contributed by atoms with Crippen LogP contribution in [0.3, 0.4) is 0 Å². The summed E-state index contributed by atoms with van der Waals surface area (Å²) in [4.78, 5) is 25.5. The maximum atomic E-state index is 11.4. The standard InChI is InChI=1S/C10H12N2O4/c13-8(10(15)16)4-6-12-9(14)7-3-1-2-5-11-7/h1-3,5,8,13H,4,6H2,(H,12,14)(H,15,16)/t8-/m0/s1. The van der Waals surface area contributed by atoms with Crippen molar-refractivity contribution in [2.24, 2.45) is 0 Å². The van der Waals surface area contributed by atoms with Crippen LogP contribution in [0.25, 0.3) is 0 Å². The SMILES string of the molecule is O=C(NCC[C@H](O)C(=O)O)c1ccccn1. The van der Waals surface area contributed by atoms with Crippen LogP contribution in [0.1, 0.15) is 16.9 Å². The Balaban J connectivity index is 2.34. The molecular formula is C10H12N2O4. The molecule has 0 fully saturated rings. The van der Waals surface area contributed by atoms with Crippen LogP contribution >= 0.6 is 0 Å². The molecule has 3 N–H and O–H groups in total. The minimum Gasteiger partial charge on any atom is -0.479 e. The summed E-state index contributed by atoms with van der Waals surface area (Å²) in [6, 6.07) is 4.90. The van der Waals surface area contributed by atoms with Crippen LogP contribution in [0.2, 0.25) is 0 Å². The maximum Gasteiger partial charge on any atom is 0.332 e. The van der Waals surface area contributed by atoms with E-state index in [1.807, 2.05) is 0 Å². The first-order valence-electron chi connectivity index (χ1n) is 4.71. The number of amides is 1. The molecule has 0 spiro atoms. The molecule has 0 saturated heterocycles. The summed E-state index contributed by atoms with van der Waals surface area (Å²) in [5.74, 6) is -1.69. The molecule has 86 valence electrons. The van der Waals surface area contributed by atoms with E-state index in [1.54, 1.807) is 18.2 Å². The molecule has 1 heterocycles. The van der Waals surface area contributed by atoms with Gasteiger partial charge in [0.25, 0.3) is 5.91 Å². The number of hydrogen-bond acceptors (Lipinski definition) is 4. The second kappa shape index (κ2) is 5.82. The van der Waals surface area contributed by atoms with Gasteiger partial charge in [-0.05, 0) is 12.1 Å². The smallest absolute Gasteiger partial charge is 0.332 e. The first-order valence-corrected chi connectivity index (χ1v) is 4.71. The molecule has 0 aliphatic heterocycles. The molecule has 6 heteroatoms. The van der Waals surface area contributed by atoms with Crippen molar-refractivity contribution in [1.29, 1.82) is 0 Å². The van der Waals surface area contributed by atoms with Gasteiger partial charge in [-0.3, -0.25) is 9.78 Å². The van der Waals surface area contributed by atoms with E-state index in [0.29, 0.717) is 0 Å². The molecule has 1 rings (SSSR count). The van der Waals surface area contributed by atoms with E-state index in [4.69, 9.17) is 10.2 Å². The summed E-state index contributed by atoms with van der Waals surface area (Å²) < 4.78 is 0. The number of pyridine rings is 1. The van der Waals surface area contributed by atoms with Gasteiger partial charge in [0.2, 0.25) is 0 Å². The van der Waals surface area contributed by atoms with Crippen LogP contribution in [-0.4, -0.2) is 39.7 Å². The molecule has 16 heavy (non-hydrogen) atoms. The molecule has 0 radical (unpaired) electrons. The first kappa shape index (κ1) is 12.1. The number of carbonyl (C=O) groups excluding carboxylic acids is 1. The number of aromatic nitrogens is 1. The Bertz CT molecular complexity index is 366. The topological polar surface area (TPSA) is 99.5 Å². The van der Waals surface area contributed by atoms with Crippen LogP contribution in [0.15, 0.2) is 24.4 Å². The Hall–Kier alpha value is -1.95. The van der Waals surface area contributed by atoms with E-state index in [2.05, 4.69) is 10.3 Å². The lowest BCUT2D eigenvalue weighted by atomic mass is 10.2. The summed E-state index contributed by atoms with van der Waals surface area (Å²) in [5, 5.41) is 19.8. The minimum atomic E-state index is -1.45. The highest BCUT2D eigenvalue weighted by Gasteiger charge is 2.13. The lowest BCUT2D eigenvalue weighted by molar-refractivity contribution is -0.146. The van der Waals surface area contributed by atoms with Crippen molar-refractivity contribution in [1.82, 2.24) is 10.3 Å². The average Bonchev–Trinajstić information content (AvgIpc) is 2.29. The number of aliphatic carboxylic acids is 1. The van der Waals surface area contributed by atoms with E-state index >= 15 is 0 Å². The molecule has 1 aromatic heterocycles. The quantitative estimate of drug-likeness (QED) is 0.634. The summed E-state index contributed by atoms with van der Waals surface area (Å²) in [7, 11) is 0. The predicted molar refractivity (Wildman–Crippen MR) is 54.8 cm³/mol. The summed E-state index contributed by atoms with van der Waals surface area (Å²) >= 11 is 0. The third-order valence-electron chi connectivity index (χ3n) is 1.89. The van der Waals surface area contributed by atoms with Crippen molar-refractivity contribution in [2.45, 2.75) is 12.5 Å². The van der Waals surface area contributed by atoms with Gasteiger partial charge in [0.05, 0.1) is 0 Å². The monoisotopic (exact) mass is 224 g/mol. The normalized spacial score (nSPS) is 11.8. The molecule has 1 amide bonds. The van der Waals surface area contributed by atoms with Gasteiger partial charge in [-0.15, -0.1) is 0 Å². The molecule has 0 saturated carbocycles. The molecule has 0 aliphatic carbocycles. The predicted octanol–water partition coefficient (Wildman–Crippen LogP) is -0.353. The molecule has 0 bridgehead atoms. The Labute approximate surface area is 91.9 Å². The third kappa shape index (κ3) is 3.66. The van der Waals surface area contributed by atoms with Crippen LogP contribution in [0.5, 0.6) is 0 Å². The average molecular weight is 224 g/mol. The van der Waals surface area contributed by atoms with Gasteiger partial charge in [-0.2, -0.15) is 0 Å². The second-order valence-corrected chi connectivity index (χ2v) is 3.11. The number of hydrogen-bond donors (Lipinski definition) is 3. The van der Waals surface area contributed by atoms with E-state index in [0.717, 1.165) is 0 Å². The summed E-state index contributed by atoms with van der Waals surface area (Å²) in [6.45, 7) is 0.0862. The highest BCUT2D eigenvalue weighted by atomic mass is 16.4. The van der Waals surface area contributed by atoms with Gasteiger partial charge in [-0.1, -0.05) is 6.07 Å². The highest BCUT2D eigenvalue weighted by molar-refractivity contribution is 5.92. The molecular weight excluding hydrogens is 212 g/mol. The van der Waals surface area contributed by atoms with Gasteiger partial charge in [-0.25, -0.2) is 4.79 Å². The molecule has 1 atom stereocenters. The van der Waals surface area contributed by atoms with Crippen LogP contribution in [0.4, 0.5) is 0 Å². The van der Waals surface area contributed by atoms with Gasteiger partial charge < -0.3 is 15.5 Å². The van der Waals surface area contributed by atoms with Gasteiger partial charge in [0.1, 0.15) is 5.69 Å². The van der Waals surface area contributed by atoms with E-state index in [-0.39, 0.29) is 18.7 Å². The number of nitrogens with zero attached hydrogens (tertiary/aromatic N) is 1. The number of carbonyl (C=O) groups is 2. The third-order valence-corrected chi connectivity index (χ3v) is 1.89. The molecule has 0 unspecified atom stereocenters. The number of carboxylic acid groups (broad SMARTS) is 1. The molecule has 0 aliphatic rings. The van der Waals surface area contributed by atoms with Crippen molar-refractivity contribution < 1.29 is 19.8 Å². The largest absolute Gasteiger partial charge is 0.479 e. The number of rotatable bonds is 5. The van der Waals surface area contributed by atoms with Crippen molar-refractivity contribution in [3.8, 4) is 0 Å². The second-order valence-electron chi connectivity index (χ2n) is 3.11. The minimum absolute atomic E-state index is 0.0338. The van der Waals surface area contributed by atoms with E-state index < -0.39 is 18.0 Å². The Morgan fingerprint density at radius 3 is 2.75 bits per heavy atom. The van der Waals surface area contributed by atoms with Crippen LogP contribution in [-0.2, 0) is 4.79 Å². The zero-order chi connectivity index (χ0) is 12.0. The van der Waals surface area contributed by atoms with Crippen molar-refractivity contribution in [3.63, 3.8) is 0 Å². The fourth-order valence-electron chi connectivity index (χ4n) is 1.03. The number of aliphatic hydroxyl groups is 1. The zero-order valence-corrected chi connectivity index (χ0v) is 8.46. The van der Waals surface area contributed by atoms with Crippen LogP contribution < -0.4 is 5.32 Å². The van der Waals surface area contributed by atoms with Crippen molar-refractivity contribution in [2.75, 3.05) is 6.54 Å². The molecule has 6 nitrogen and oxygen atoms in total. The first-order chi connectivity index (χ1) is 7.61. The lowest BCUT2D eigenvalue weighted by Crippen LogP contribution is -2.30. The Kier molecular flexibility index (Phi) is 4.41. The maximum absolute atomic E-state index is 11.4. The fourth-order valence-corrected chi connectivity index (χ4v) is 1.03. The number of aliphatic hydroxyl groups excluding tert-OH is 1. The van der Waals surface area contributed by atoms with Gasteiger partial charge in [0, 0.05) is 19.2 Å². The highest BCUT2D eigenvalue weighted by Crippen LogP contribution is 1.94. The van der Waals surface area contributed by atoms with Crippen molar-refractivity contribution >= 4 is 11.9 Å².